The van der Waals surface area contributed by atoms with E-state index in [2.05, 4.69) is 9.98 Å². The number of benzene rings is 2. The van der Waals surface area contributed by atoms with E-state index in [9.17, 15) is 4.39 Å². The van der Waals surface area contributed by atoms with Crippen LogP contribution in [-0.2, 0) is 10.3 Å². The predicted molar refractivity (Wildman–Crippen MR) is 115 cm³/mol. The summed E-state index contributed by atoms with van der Waals surface area (Å²) in [4.78, 5) is 8.43. The minimum Gasteiger partial charge on any atom is -0.491 e. The first kappa shape index (κ1) is 19.9. The van der Waals surface area contributed by atoms with Crippen LogP contribution in [0.2, 0.25) is 0 Å². The van der Waals surface area contributed by atoms with E-state index in [0.29, 0.717) is 5.56 Å². The highest BCUT2D eigenvalue weighted by molar-refractivity contribution is 5.76. The van der Waals surface area contributed by atoms with Gasteiger partial charge in [0.05, 0.1) is 6.10 Å². The first-order chi connectivity index (χ1) is 14.4. The molecule has 0 bridgehead atoms. The second kappa shape index (κ2) is 7.78. The third kappa shape index (κ3) is 3.61. The summed E-state index contributed by atoms with van der Waals surface area (Å²) in [7, 11) is 0. The number of amidine groups is 1. The van der Waals surface area contributed by atoms with Gasteiger partial charge in [0.15, 0.2) is 5.54 Å². The van der Waals surface area contributed by atoms with Gasteiger partial charge < -0.3 is 15.2 Å². The highest BCUT2D eigenvalue weighted by atomic mass is 19.1. The van der Waals surface area contributed by atoms with Crippen molar-refractivity contribution < 1.29 is 13.9 Å². The molecule has 154 valence electrons. The van der Waals surface area contributed by atoms with Gasteiger partial charge in [-0.2, -0.15) is 4.39 Å². The first-order valence-electron chi connectivity index (χ1n) is 9.86. The summed E-state index contributed by atoms with van der Waals surface area (Å²) < 4.78 is 25.7. The highest BCUT2D eigenvalue weighted by Crippen LogP contribution is 2.40. The molecular weight excluding hydrogens is 381 g/mol. The van der Waals surface area contributed by atoms with Crippen molar-refractivity contribution in [2.24, 2.45) is 10.7 Å². The maximum Gasteiger partial charge on any atom is 0.283 e. The molecule has 5 nitrogen and oxygen atoms in total. The lowest BCUT2D eigenvalue weighted by Crippen LogP contribution is -2.27. The molecule has 2 heterocycles. The molecule has 0 aliphatic carbocycles. The number of nitrogens with two attached hydrogens (primary N) is 1. The van der Waals surface area contributed by atoms with Gasteiger partial charge in [0.25, 0.3) is 6.02 Å². The summed E-state index contributed by atoms with van der Waals surface area (Å²) in [6.07, 6.45) is 1.52. The lowest BCUT2D eigenvalue weighted by molar-refractivity contribution is 0.240. The average Bonchev–Trinajstić information content (AvgIpc) is 3.13. The number of aliphatic imine (C=N–C) groups is 1. The molecule has 0 radical (unpaired) electrons. The van der Waals surface area contributed by atoms with Crippen molar-refractivity contribution in [1.29, 1.82) is 0 Å². The van der Waals surface area contributed by atoms with E-state index in [-0.39, 0.29) is 18.7 Å². The SMILES string of the molecule is Cc1cc(C2(c3cccc(-c4cccnc4F)c3)COC(N)=N2)ccc1OC(C)C. The first-order valence-corrected chi connectivity index (χ1v) is 9.86. The minimum atomic E-state index is -0.820. The second-order valence-electron chi connectivity index (χ2n) is 7.67. The van der Waals surface area contributed by atoms with Crippen LogP contribution in [0.3, 0.4) is 0 Å². The van der Waals surface area contributed by atoms with Gasteiger partial charge in [-0.1, -0.05) is 24.3 Å². The monoisotopic (exact) mass is 405 g/mol. The van der Waals surface area contributed by atoms with Gasteiger partial charge >= 0.3 is 0 Å². The van der Waals surface area contributed by atoms with Crippen LogP contribution < -0.4 is 10.5 Å². The zero-order valence-electron chi connectivity index (χ0n) is 17.2. The minimum absolute atomic E-state index is 0.0815. The Morgan fingerprint density at radius 1 is 1.10 bits per heavy atom. The quantitative estimate of drug-likeness (QED) is 0.631. The second-order valence-corrected chi connectivity index (χ2v) is 7.67. The van der Waals surface area contributed by atoms with E-state index in [4.69, 9.17) is 15.2 Å². The van der Waals surface area contributed by atoms with Gasteiger partial charge in [-0.15, -0.1) is 0 Å². The molecule has 1 aromatic heterocycles. The Morgan fingerprint density at radius 2 is 1.90 bits per heavy atom. The number of nitrogens with zero attached hydrogens (tertiary/aromatic N) is 2. The zero-order valence-corrected chi connectivity index (χ0v) is 17.2. The third-order valence-electron chi connectivity index (χ3n) is 5.16. The maximum absolute atomic E-state index is 14.3. The molecule has 1 aliphatic rings. The Balaban J connectivity index is 1.83. The predicted octanol–water partition coefficient (Wildman–Crippen LogP) is 4.57. The van der Waals surface area contributed by atoms with E-state index < -0.39 is 11.5 Å². The molecule has 0 amide bonds. The summed E-state index contributed by atoms with van der Waals surface area (Å²) in [6.45, 7) is 6.25. The molecule has 2 N–H and O–H groups in total. The molecular formula is C24H24FN3O2. The van der Waals surface area contributed by atoms with Gasteiger partial charge in [0.1, 0.15) is 12.4 Å². The molecule has 3 aromatic rings. The molecule has 1 aliphatic heterocycles. The highest BCUT2D eigenvalue weighted by Gasteiger charge is 2.40. The summed E-state index contributed by atoms with van der Waals surface area (Å²) in [5.41, 5.74) is 9.04. The largest absolute Gasteiger partial charge is 0.491 e. The Hall–Kier alpha value is -3.41. The van der Waals surface area contributed by atoms with Crippen LogP contribution in [0.25, 0.3) is 11.1 Å². The summed E-state index contributed by atoms with van der Waals surface area (Å²) in [5, 5.41) is 0. The van der Waals surface area contributed by atoms with E-state index in [0.717, 1.165) is 28.0 Å². The Morgan fingerprint density at radius 3 is 2.57 bits per heavy atom. The molecule has 1 unspecified atom stereocenters. The molecule has 0 saturated heterocycles. The fourth-order valence-electron chi connectivity index (χ4n) is 3.73. The topological polar surface area (TPSA) is 69.7 Å². The average molecular weight is 405 g/mol. The van der Waals surface area contributed by atoms with E-state index in [1.807, 2.05) is 63.2 Å². The molecule has 30 heavy (non-hydrogen) atoms. The Kier molecular flexibility index (Phi) is 5.16. The van der Waals surface area contributed by atoms with E-state index in [1.54, 1.807) is 12.1 Å². The lowest BCUT2D eigenvalue weighted by Gasteiger charge is -2.27. The van der Waals surface area contributed by atoms with Gasteiger partial charge in [-0.05, 0) is 73.4 Å². The maximum atomic E-state index is 14.3. The lowest BCUT2D eigenvalue weighted by atomic mass is 9.82. The number of hydrogen-bond donors (Lipinski definition) is 1. The normalized spacial score (nSPS) is 18.2. The number of halogens is 1. The number of hydrogen-bond acceptors (Lipinski definition) is 5. The van der Waals surface area contributed by atoms with Crippen LogP contribution >= 0.6 is 0 Å². The Bertz CT molecular complexity index is 1110. The Labute approximate surface area is 175 Å². The number of rotatable bonds is 5. The van der Waals surface area contributed by atoms with Gasteiger partial charge in [0, 0.05) is 11.8 Å². The molecule has 1 atom stereocenters. The van der Waals surface area contributed by atoms with Crippen molar-refractivity contribution in [2.75, 3.05) is 6.61 Å². The number of aromatic nitrogens is 1. The summed E-state index contributed by atoms with van der Waals surface area (Å²) in [5.74, 6) is 0.311. The smallest absolute Gasteiger partial charge is 0.283 e. The van der Waals surface area contributed by atoms with Gasteiger partial charge in [-0.25, -0.2) is 9.98 Å². The molecule has 6 heteroatoms. The number of aryl methyl sites for hydroxylation is 1. The van der Waals surface area contributed by atoms with Crippen LogP contribution in [0.15, 0.2) is 65.8 Å². The van der Waals surface area contributed by atoms with Crippen LogP contribution in [0.5, 0.6) is 5.75 Å². The number of pyridine rings is 1. The van der Waals surface area contributed by atoms with Crippen molar-refractivity contribution in [3.63, 3.8) is 0 Å². The molecule has 4 rings (SSSR count). The fraction of sp³-hybridized carbons (Fsp3) is 0.250. The summed E-state index contributed by atoms with van der Waals surface area (Å²) >= 11 is 0. The van der Waals surface area contributed by atoms with E-state index >= 15 is 0 Å². The van der Waals surface area contributed by atoms with Gasteiger partial charge in [-0.3, -0.25) is 0 Å². The van der Waals surface area contributed by atoms with Crippen molar-refractivity contribution in [1.82, 2.24) is 4.98 Å². The molecule has 0 spiro atoms. The van der Waals surface area contributed by atoms with Crippen molar-refractivity contribution >= 4 is 6.02 Å². The van der Waals surface area contributed by atoms with Crippen molar-refractivity contribution in [2.45, 2.75) is 32.4 Å². The van der Waals surface area contributed by atoms with E-state index in [1.165, 1.54) is 6.20 Å². The van der Waals surface area contributed by atoms with Crippen molar-refractivity contribution in [3.8, 4) is 16.9 Å². The van der Waals surface area contributed by atoms with Crippen LogP contribution in [-0.4, -0.2) is 23.7 Å². The molecule has 0 fully saturated rings. The van der Waals surface area contributed by atoms with Crippen molar-refractivity contribution in [3.05, 3.63) is 83.4 Å². The zero-order chi connectivity index (χ0) is 21.3. The summed E-state index contributed by atoms with van der Waals surface area (Å²) in [6, 6.07) is 17.1. The number of ether oxygens (including phenoxy) is 2. The standard InChI is InChI=1S/C24H24FN3O2/c1-15(2)30-21-10-9-19(12-16(21)3)24(14-29-23(26)28-24)18-7-4-6-17(13-18)20-8-5-11-27-22(20)25/h4-13,15H,14H2,1-3H3,(H2,26,28). The van der Waals surface area contributed by atoms with Crippen LogP contribution in [0.4, 0.5) is 4.39 Å². The van der Waals surface area contributed by atoms with Crippen LogP contribution in [0, 0.1) is 12.9 Å². The fourth-order valence-corrected chi connectivity index (χ4v) is 3.73. The van der Waals surface area contributed by atoms with Gasteiger partial charge in [0.2, 0.25) is 5.95 Å². The third-order valence-corrected chi connectivity index (χ3v) is 5.16. The molecule has 0 saturated carbocycles. The molecule has 2 aromatic carbocycles. The van der Waals surface area contributed by atoms with Crippen LogP contribution in [0.1, 0.15) is 30.5 Å².